The van der Waals surface area contributed by atoms with E-state index < -0.39 is 5.91 Å². The van der Waals surface area contributed by atoms with E-state index in [0.717, 1.165) is 23.0 Å². The first kappa shape index (κ1) is 21.8. The van der Waals surface area contributed by atoms with Gasteiger partial charge in [0.25, 0.3) is 11.8 Å². The van der Waals surface area contributed by atoms with E-state index in [2.05, 4.69) is 20.6 Å². The number of hydrogen-bond donors (Lipinski definition) is 3. The van der Waals surface area contributed by atoms with Gasteiger partial charge in [0.05, 0.1) is 22.5 Å². The quantitative estimate of drug-likeness (QED) is 0.312. The Morgan fingerprint density at radius 1 is 0.970 bits per heavy atom. The zero-order valence-corrected chi connectivity index (χ0v) is 19.3. The summed E-state index contributed by atoms with van der Waals surface area (Å²) in [6.07, 6.45) is 4.09. The molecule has 0 aliphatic heterocycles. The first-order chi connectivity index (χ1) is 15.9. The van der Waals surface area contributed by atoms with Crippen LogP contribution < -0.4 is 10.6 Å². The number of fused-ring (bicyclic) bond motifs is 1. The average molecular weight is 500 g/mol. The Labute approximate surface area is 204 Å². The van der Waals surface area contributed by atoms with Gasteiger partial charge in [0, 0.05) is 39.2 Å². The van der Waals surface area contributed by atoms with Crippen molar-refractivity contribution in [3.63, 3.8) is 0 Å². The molecule has 2 amide bonds. The first-order valence-electron chi connectivity index (χ1n) is 10.2. The van der Waals surface area contributed by atoms with Crippen LogP contribution in [-0.4, -0.2) is 27.8 Å². The van der Waals surface area contributed by atoms with Gasteiger partial charge in [-0.2, -0.15) is 0 Å². The molecule has 1 aliphatic carbocycles. The van der Waals surface area contributed by atoms with Crippen LogP contribution in [0.2, 0.25) is 15.1 Å². The second-order valence-electron chi connectivity index (χ2n) is 7.88. The summed E-state index contributed by atoms with van der Waals surface area (Å²) in [5, 5.41) is 8.11. The molecule has 33 heavy (non-hydrogen) atoms. The number of aromatic amines is 1. The van der Waals surface area contributed by atoms with Gasteiger partial charge < -0.3 is 15.6 Å². The van der Waals surface area contributed by atoms with E-state index >= 15 is 0 Å². The molecule has 166 valence electrons. The third kappa shape index (κ3) is 4.55. The molecule has 4 aromatic rings. The summed E-state index contributed by atoms with van der Waals surface area (Å²) in [6.45, 7) is 0. The third-order valence-electron chi connectivity index (χ3n) is 5.60. The van der Waals surface area contributed by atoms with Gasteiger partial charge in [0.15, 0.2) is 0 Å². The number of halogens is 3. The van der Waals surface area contributed by atoms with E-state index in [9.17, 15) is 9.59 Å². The van der Waals surface area contributed by atoms with E-state index in [0.29, 0.717) is 21.3 Å². The number of hydrogen-bond acceptors (Lipinski definition) is 3. The molecule has 3 N–H and O–H groups in total. The standard InChI is InChI=1S/C24H17Cl3N4O2/c25-14-2-4-19(26)16(9-14)17-10-21(17)31-23(32)13-1-3-20(27)18(8-13)24(33)30-15-7-12-5-6-28-22(12)29-11-15/h1-9,11,17,21H,10H2,(H,28,29)(H,30,33)(H,31,32)/t17-,21+/m1/s1. The summed E-state index contributed by atoms with van der Waals surface area (Å²) in [5.74, 6) is -0.616. The smallest absolute Gasteiger partial charge is 0.257 e. The number of H-pyrrole nitrogens is 1. The lowest BCUT2D eigenvalue weighted by Gasteiger charge is -2.10. The van der Waals surface area contributed by atoms with Crippen LogP contribution in [-0.2, 0) is 0 Å². The van der Waals surface area contributed by atoms with Crippen molar-refractivity contribution < 1.29 is 9.59 Å². The van der Waals surface area contributed by atoms with Crippen LogP contribution >= 0.6 is 34.8 Å². The number of carbonyl (C=O) groups is 2. The number of pyridine rings is 1. The van der Waals surface area contributed by atoms with Gasteiger partial charge in [-0.3, -0.25) is 9.59 Å². The maximum absolute atomic E-state index is 12.8. The zero-order chi connectivity index (χ0) is 23.1. The highest BCUT2D eigenvalue weighted by Crippen LogP contribution is 2.44. The Morgan fingerprint density at radius 2 is 1.79 bits per heavy atom. The molecule has 1 saturated carbocycles. The van der Waals surface area contributed by atoms with Gasteiger partial charge in [-0.05, 0) is 60.5 Å². The SMILES string of the molecule is O=C(N[C@H]1C[C@@H]1c1cc(Cl)ccc1Cl)c1ccc(Cl)c(C(=O)Nc2cnc3[nH]ccc3c2)c1. The van der Waals surface area contributed by atoms with Crippen LogP contribution in [0.3, 0.4) is 0 Å². The van der Waals surface area contributed by atoms with Crippen molar-refractivity contribution >= 4 is 63.3 Å². The van der Waals surface area contributed by atoms with Crippen molar-refractivity contribution in [2.75, 3.05) is 5.32 Å². The predicted octanol–water partition coefficient (Wildman–Crippen LogP) is 6.06. The van der Waals surface area contributed by atoms with Crippen LogP contribution in [0.4, 0.5) is 5.69 Å². The molecule has 2 atom stereocenters. The molecule has 2 aromatic carbocycles. The molecule has 2 aromatic heterocycles. The van der Waals surface area contributed by atoms with Crippen molar-refractivity contribution in [2.24, 2.45) is 0 Å². The summed E-state index contributed by atoms with van der Waals surface area (Å²) in [5.41, 5.74) is 2.70. The minimum atomic E-state index is -0.429. The van der Waals surface area contributed by atoms with Gasteiger partial charge in [0.1, 0.15) is 5.65 Å². The number of nitrogens with zero attached hydrogens (tertiary/aromatic N) is 1. The highest BCUT2D eigenvalue weighted by Gasteiger charge is 2.41. The molecule has 0 spiro atoms. The molecule has 5 rings (SSSR count). The van der Waals surface area contributed by atoms with Gasteiger partial charge >= 0.3 is 0 Å². The van der Waals surface area contributed by atoms with Crippen LogP contribution in [0.25, 0.3) is 11.0 Å². The maximum atomic E-state index is 12.8. The molecule has 6 nitrogen and oxygen atoms in total. The molecule has 0 bridgehead atoms. The van der Waals surface area contributed by atoms with Gasteiger partial charge in [-0.1, -0.05) is 34.8 Å². The number of anilines is 1. The lowest BCUT2D eigenvalue weighted by atomic mass is 10.1. The highest BCUT2D eigenvalue weighted by atomic mass is 35.5. The number of aromatic nitrogens is 2. The fourth-order valence-electron chi connectivity index (χ4n) is 3.80. The minimum absolute atomic E-state index is 0.0550. The molecule has 0 radical (unpaired) electrons. The molecule has 1 fully saturated rings. The molecule has 2 heterocycles. The normalized spacial score (nSPS) is 17.1. The van der Waals surface area contributed by atoms with Crippen LogP contribution in [0.5, 0.6) is 0 Å². The molecular weight excluding hydrogens is 483 g/mol. The van der Waals surface area contributed by atoms with E-state index in [-0.39, 0.29) is 28.5 Å². The molecule has 9 heteroatoms. The van der Waals surface area contributed by atoms with Gasteiger partial charge in [0.2, 0.25) is 0 Å². The van der Waals surface area contributed by atoms with Crippen LogP contribution in [0, 0.1) is 0 Å². The molecule has 0 saturated heterocycles. The number of benzene rings is 2. The first-order valence-corrected chi connectivity index (χ1v) is 11.3. The minimum Gasteiger partial charge on any atom is -0.349 e. The second-order valence-corrected chi connectivity index (χ2v) is 9.13. The van der Waals surface area contributed by atoms with Crippen LogP contribution in [0.1, 0.15) is 38.6 Å². The summed E-state index contributed by atoms with van der Waals surface area (Å²) in [7, 11) is 0. The Morgan fingerprint density at radius 3 is 2.64 bits per heavy atom. The zero-order valence-electron chi connectivity index (χ0n) is 17.0. The Hall–Kier alpha value is -3.06. The summed E-state index contributed by atoms with van der Waals surface area (Å²) >= 11 is 18.6. The predicted molar refractivity (Wildman–Crippen MR) is 131 cm³/mol. The number of nitrogens with one attached hydrogen (secondary N) is 3. The molecule has 1 aliphatic rings. The summed E-state index contributed by atoms with van der Waals surface area (Å²) < 4.78 is 0. The monoisotopic (exact) mass is 498 g/mol. The Kier molecular flexibility index (Phi) is 5.74. The summed E-state index contributed by atoms with van der Waals surface area (Å²) in [6, 6.07) is 13.5. The van der Waals surface area contributed by atoms with Gasteiger partial charge in [-0.15, -0.1) is 0 Å². The lowest BCUT2D eigenvalue weighted by Crippen LogP contribution is -2.27. The molecule has 0 unspecified atom stereocenters. The largest absolute Gasteiger partial charge is 0.349 e. The van der Waals surface area contributed by atoms with Crippen molar-refractivity contribution in [2.45, 2.75) is 18.4 Å². The lowest BCUT2D eigenvalue weighted by molar-refractivity contribution is 0.0950. The number of amides is 2. The van der Waals surface area contributed by atoms with Crippen LogP contribution in [0.15, 0.2) is 60.9 Å². The van der Waals surface area contributed by atoms with Crippen molar-refractivity contribution in [3.8, 4) is 0 Å². The maximum Gasteiger partial charge on any atom is 0.257 e. The van der Waals surface area contributed by atoms with E-state index in [1.807, 2.05) is 12.1 Å². The third-order valence-corrected chi connectivity index (χ3v) is 6.50. The van der Waals surface area contributed by atoms with Crippen molar-refractivity contribution in [1.82, 2.24) is 15.3 Å². The van der Waals surface area contributed by atoms with E-state index in [1.165, 1.54) is 12.1 Å². The van der Waals surface area contributed by atoms with Gasteiger partial charge in [-0.25, -0.2) is 4.98 Å². The second kappa shape index (κ2) is 8.71. The topological polar surface area (TPSA) is 86.9 Å². The molecular formula is C24H17Cl3N4O2. The fourth-order valence-corrected chi connectivity index (χ4v) is 4.44. The van der Waals surface area contributed by atoms with E-state index in [1.54, 1.807) is 36.7 Å². The van der Waals surface area contributed by atoms with E-state index in [4.69, 9.17) is 34.8 Å². The number of carbonyl (C=O) groups excluding carboxylic acids is 2. The average Bonchev–Trinajstić information content (AvgIpc) is 3.39. The number of rotatable bonds is 5. The Bertz CT molecular complexity index is 1400. The summed E-state index contributed by atoms with van der Waals surface area (Å²) in [4.78, 5) is 32.9. The fraction of sp³-hybridized carbons (Fsp3) is 0.125. The highest BCUT2D eigenvalue weighted by molar-refractivity contribution is 6.35. The van der Waals surface area contributed by atoms with Crippen molar-refractivity contribution in [1.29, 1.82) is 0 Å². The Balaban J connectivity index is 1.29. The van der Waals surface area contributed by atoms with Crippen molar-refractivity contribution in [3.05, 3.63) is 92.7 Å².